The molecule has 1 unspecified atom stereocenters. The van der Waals surface area contributed by atoms with Crippen LogP contribution in [0, 0.1) is 5.92 Å². The number of rotatable bonds is 1. The van der Waals surface area contributed by atoms with Gasteiger partial charge in [0.2, 0.25) is 0 Å². The summed E-state index contributed by atoms with van der Waals surface area (Å²) in [7, 11) is 1.78. The average Bonchev–Trinajstić information content (AvgIpc) is 2.33. The van der Waals surface area contributed by atoms with Gasteiger partial charge in [-0.1, -0.05) is 26.0 Å². The molecule has 1 aromatic rings. The highest BCUT2D eigenvalue weighted by molar-refractivity contribution is 5.48. The van der Waals surface area contributed by atoms with Crippen molar-refractivity contribution in [2.75, 3.05) is 13.7 Å². The predicted molar refractivity (Wildman–Crippen MR) is 69.6 cm³/mol. The van der Waals surface area contributed by atoms with Gasteiger partial charge in [0.25, 0.3) is 0 Å². The number of fused-ring (bicyclic) bond motifs is 4. The van der Waals surface area contributed by atoms with Crippen LogP contribution in [0.2, 0.25) is 0 Å². The summed E-state index contributed by atoms with van der Waals surface area (Å²) in [5, 5.41) is 3.66. The Labute approximate surface area is 103 Å². The molecule has 1 fully saturated rings. The Kier molecular flexibility index (Phi) is 2.44. The maximum absolute atomic E-state index is 5.53. The summed E-state index contributed by atoms with van der Waals surface area (Å²) in [5.41, 5.74) is 3.26. The molecule has 1 saturated heterocycles. The molecule has 2 bridgehead atoms. The Balaban J connectivity index is 2.18. The summed E-state index contributed by atoms with van der Waals surface area (Å²) < 4.78 is 5.53. The zero-order valence-corrected chi connectivity index (χ0v) is 10.9. The Morgan fingerprint density at radius 1 is 1.41 bits per heavy atom. The minimum Gasteiger partial charge on any atom is -0.496 e. The first-order valence-electron chi connectivity index (χ1n) is 6.56. The Morgan fingerprint density at radius 3 is 3.00 bits per heavy atom. The minimum atomic E-state index is 0.318. The highest BCUT2D eigenvalue weighted by Crippen LogP contribution is 2.47. The van der Waals surface area contributed by atoms with Gasteiger partial charge in [-0.15, -0.1) is 0 Å². The summed E-state index contributed by atoms with van der Waals surface area (Å²) in [6.45, 7) is 5.95. The van der Waals surface area contributed by atoms with Crippen LogP contribution in [-0.4, -0.2) is 19.7 Å². The first-order valence-corrected chi connectivity index (χ1v) is 6.56. The van der Waals surface area contributed by atoms with Crippen LogP contribution < -0.4 is 10.1 Å². The van der Waals surface area contributed by atoms with E-state index in [1.807, 2.05) is 0 Å². The zero-order valence-electron chi connectivity index (χ0n) is 10.9. The second-order valence-corrected chi connectivity index (χ2v) is 5.71. The molecule has 3 atom stereocenters. The highest BCUT2D eigenvalue weighted by atomic mass is 16.5. The molecular weight excluding hydrogens is 210 g/mol. The van der Waals surface area contributed by atoms with Gasteiger partial charge in [-0.05, 0) is 47.9 Å². The van der Waals surface area contributed by atoms with Crippen molar-refractivity contribution in [3.63, 3.8) is 0 Å². The summed E-state index contributed by atoms with van der Waals surface area (Å²) >= 11 is 0. The molecule has 1 aliphatic heterocycles. The van der Waals surface area contributed by atoms with Crippen molar-refractivity contribution in [3.8, 4) is 5.75 Å². The van der Waals surface area contributed by atoms with E-state index in [2.05, 4.69) is 37.4 Å². The van der Waals surface area contributed by atoms with E-state index < -0.39 is 0 Å². The molecule has 0 amide bonds. The summed E-state index contributed by atoms with van der Waals surface area (Å²) in [4.78, 5) is 0. The first-order chi connectivity index (χ1) is 8.16. The molecule has 92 valence electrons. The molecule has 0 saturated carbocycles. The standard InChI is InChI=1S/C15H21NO/c1-10-13-9-11-12(5-4-6-14(11)17-3)15(10,2)7-8-16-13/h4-6,10,13,16H,7-9H2,1-3H3/t10-,13+,15?/m0/s1. The zero-order chi connectivity index (χ0) is 12.0. The van der Waals surface area contributed by atoms with Crippen LogP contribution in [0.1, 0.15) is 31.4 Å². The Bertz CT molecular complexity index is 443. The molecule has 1 N–H and O–H groups in total. The second kappa shape index (κ2) is 3.74. The van der Waals surface area contributed by atoms with Crippen molar-refractivity contribution in [2.24, 2.45) is 5.92 Å². The van der Waals surface area contributed by atoms with Crippen LogP contribution in [0.5, 0.6) is 5.75 Å². The van der Waals surface area contributed by atoms with Gasteiger partial charge in [-0.3, -0.25) is 0 Å². The molecule has 0 spiro atoms. The van der Waals surface area contributed by atoms with Crippen molar-refractivity contribution < 1.29 is 4.74 Å². The van der Waals surface area contributed by atoms with E-state index in [1.165, 1.54) is 17.5 Å². The van der Waals surface area contributed by atoms with Crippen LogP contribution in [-0.2, 0) is 11.8 Å². The van der Waals surface area contributed by atoms with Gasteiger partial charge < -0.3 is 10.1 Å². The van der Waals surface area contributed by atoms with Crippen LogP contribution in [0.3, 0.4) is 0 Å². The van der Waals surface area contributed by atoms with Gasteiger partial charge in [0.05, 0.1) is 7.11 Å². The quantitative estimate of drug-likeness (QED) is 0.802. The van der Waals surface area contributed by atoms with Crippen LogP contribution in [0.15, 0.2) is 18.2 Å². The fraction of sp³-hybridized carbons (Fsp3) is 0.600. The lowest BCUT2D eigenvalue weighted by Crippen LogP contribution is -2.56. The third-order valence-corrected chi connectivity index (χ3v) is 5.05. The number of hydrogen-bond donors (Lipinski definition) is 1. The monoisotopic (exact) mass is 231 g/mol. The molecule has 1 aromatic carbocycles. The molecule has 2 heteroatoms. The summed E-state index contributed by atoms with van der Waals surface area (Å²) in [6.07, 6.45) is 2.33. The maximum Gasteiger partial charge on any atom is 0.122 e. The smallest absolute Gasteiger partial charge is 0.122 e. The van der Waals surface area contributed by atoms with Crippen LogP contribution >= 0.6 is 0 Å². The fourth-order valence-corrected chi connectivity index (χ4v) is 3.72. The van der Waals surface area contributed by atoms with Crippen molar-refractivity contribution >= 4 is 0 Å². The van der Waals surface area contributed by atoms with Gasteiger partial charge in [-0.2, -0.15) is 0 Å². The summed E-state index contributed by atoms with van der Waals surface area (Å²) in [6, 6.07) is 7.14. The number of nitrogens with one attached hydrogen (secondary N) is 1. The van der Waals surface area contributed by atoms with Gasteiger partial charge >= 0.3 is 0 Å². The number of piperidine rings is 1. The largest absolute Gasteiger partial charge is 0.496 e. The second-order valence-electron chi connectivity index (χ2n) is 5.71. The molecule has 0 aromatic heterocycles. The van der Waals surface area contributed by atoms with Crippen molar-refractivity contribution in [1.29, 1.82) is 0 Å². The third kappa shape index (κ3) is 1.43. The van der Waals surface area contributed by atoms with E-state index in [9.17, 15) is 0 Å². The lowest BCUT2D eigenvalue weighted by Gasteiger charge is -2.50. The lowest BCUT2D eigenvalue weighted by molar-refractivity contribution is 0.156. The SMILES string of the molecule is COc1cccc2c1C[C@H]1NCCC2(C)[C@H]1C. The third-order valence-electron chi connectivity index (χ3n) is 5.05. The Morgan fingerprint density at radius 2 is 2.24 bits per heavy atom. The number of hydrogen-bond acceptors (Lipinski definition) is 2. The molecule has 0 radical (unpaired) electrons. The maximum atomic E-state index is 5.53. The van der Waals surface area contributed by atoms with E-state index in [0.717, 1.165) is 18.7 Å². The molecule has 17 heavy (non-hydrogen) atoms. The van der Waals surface area contributed by atoms with E-state index in [1.54, 1.807) is 7.11 Å². The molecule has 2 nitrogen and oxygen atoms in total. The Hall–Kier alpha value is -1.02. The molecule has 3 rings (SSSR count). The molecule has 1 heterocycles. The van der Waals surface area contributed by atoms with Gasteiger partial charge in [0, 0.05) is 6.04 Å². The van der Waals surface area contributed by atoms with Gasteiger partial charge in [-0.25, -0.2) is 0 Å². The van der Waals surface area contributed by atoms with Crippen molar-refractivity contribution in [1.82, 2.24) is 5.32 Å². The van der Waals surface area contributed by atoms with Gasteiger partial charge in [0.15, 0.2) is 0 Å². The lowest BCUT2D eigenvalue weighted by atomic mass is 9.59. The number of benzene rings is 1. The molecule has 1 aliphatic carbocycles. The normalized spacial score (nSPS) is 35.2. The number of ether oxygens (including phenoxy) is 1. The van der Waals surface area contributed by atoms with E-state index in [4.69, 9.17) is 4.74 Å². The first kappa shape index (κ1) is 11.1. The predicted octanol–water partition coefficient (Wildman–Crippen LogP) is 2.51. The highest BCUT2D eigenvalue weighted by Gasteiger charge is 2.45. The topological polar surface area (TPSA) is 21.3 Å². The average molecular weight is 231 g/mol. The molecular formula is C15H21NO. The van der Waals surface area contributed by atoms with E-state index in [0.29, 0.717) is 17.4 Å². The van der Waals surface area contributed by atoms with Gasteiger partial charge in [0.1, 0.15) is 5.75 Å². The summed E-state index contributed by atoms with van der Waals surface area (Å²) in [5.74, 6) is 1.77. The fourth-order valence-electron chi connectivity index (χ4n) is 3.72. The van der Waals surface area contributed by atoms with E-state index >= 15 is 0 Å². The van der Waals surface area contributed by atoms with Crippen LogP contribution in [0.4, 0.5) is 0 Å². The number of methoxy groups -OCH3 is 1. The molecule has 2 aliphatic rings. The van der Waals surface area contributed by atoms with Crippen molar-refractivity contribution in [3.05, 3.63) is 29.3 Å². The van der Waals surface area contributed by atoms with Crippen LogP contribution in [0.25, 0.3) is 0 Å². The minimum absolute atomic E-state index is 0.318. The van der Waals surface area contributed by atoms with E-state index in [-0.39, 0.29) is 0 Å². The van der Waals surface area contributed by atoms with Crippen molar-refractivity contribution in [2.45, 2.75) is 38.1 Å².